The number of aliphatic hydroxyl groups is 2. The fourth-order valence-corrected chi connectivity index (χ4v) is 5.35. The Balaban J connectivity index is 2.25. The van der Waals surface area contributed by atoms with E-state index in [2.05, 4.69) is 0 Å². The fraction of sp³-hybridized carbons (Fsp3) is 0.440. The Labute approximate surface area is 203 Å². The number of aliphatic carboxylic acids is 1. The van der Waals surface area contributed by atoms with Gasteiger partial charge in [0.2, 0.25) is 5.91 Å². The largest absolute Gasteiger partial charge is 0.481 e. The molecule has 1 amide bonds. The number of carboxylic acids is 1. The molecule has 5 atom stereocenters. The van der Waals surface area contributed by atoms with Gasteiger partial charge in [-0.25, -0.2) is 0 Å². The molecule has 0 radical (unpaired) electrons. The van der Waals surface area contributed by atoms with Gasteiger partial charge in [0.05, 0.1) is 36.6 Å². The summed E-state index contributed by atoms with van der Waals surface area (Å²) in [5, 5.41) is 31.1. The van der Waals surface area contributed by atoms with Crippen LogP contribution in [0.15, 0.2) is 48.5 Å². The normalized spacial score (nSPS) is 25.0. The summed E-state index contributed by atoms with van der Waals surface area (Å²) < 4.78 is 0. The Hall–Kier alpha value is -2.12. The number of hydrogen-bond acceptors (Lipinski definition) is 4. The van der Waals surface area contributed by atoms with Crippen molar-refractivity contribution in [2.24, 2.45) is 5.41 Å². The second-order valence-electron chi connectivity index (χ2n) is 8.93. The molecule has 1 saturated heterocycles. The summed E-state index contributed by atoms with van der Waals surface area (Å²) in [4.78, 5) is 27.2. The third-order valence-corrected chi connectivity index (χ3v) is 7.03. The molecule has 6 nitrogen and oxygen atoms in total. The molecule has 1 aliphatic rings. The summed E-state index contributed by atoms with van der Waals surface area (Å²) in [5.41, 5.74) is 0.466. The molecular weight excluding hydrogens is 465 g/mol. The van der Waals surface area contributed by atoms with E-state index in [4.69, 9.17) is 23.2 Å². The average molecular weight is 494 g/mol. The zero-order valence-electron chi connectivity index (χ0n) is 18.6. The number of carboxylic acid groups (broad SMARTS) is 1. The SMILES string of the molecule is CC[C@@H]([C@H](O)CO)N1C(=O)[C@](C)(CC(=O)O)CC(c2cccc(Cl)c2)[C@H]1c1ccc(Cl)cc1. The Morgan fingerprint density at radius 1 is 1.15 bits per heavy atom. The fourth-order valence-electron chi connectivity index (χ4n) is 5.02. The molecule has 3 rings (SSSR count). The molecular formula is C25H29Cl2NO5. The minimum absolute atomic E-state index is 0.286. The lowest BCUT2D eigenvalue weighted by molar-refractivity contribution is -0.164. The van der Waals surface area contributed by atoms with Gasteiger partial charge < -0.3 is 20.2 Å². The Morgan fingerprint density at radius 2 is 1.82 bits per heavy atom. The maximum absolute atomic E-state index is 13.9. The van der Waals surface area contributed by atoms with Crippen molar-refractivity contribution in [1.29, 1.82) is 0 Å². The number of carbonyl (C=O) groups is 2. The molecule has 1 heterocycles. The van der Waals surface area contributed by atoms with E-state index in [1.807, 2.05) is 37.3 Å². The van der Waals surface area contributed by atoms with Gasteiger partial charge in [-0.3, -0.25) is 9.59 Å². The molecule has 0 spiro atoms. The maximum atomic E-state index is 13.9. The van der Waals surface area contributed by atoms with Gasteiger partial charge in [-0.2, -0.15) is 0 Å². The number of likely N-dealkylation sites (tertiary alicyclic amines) is 1. The van der Waals surface area contributed by atoms with Gasteiger partial charge in [0.15, 0.2) is 0 Å². The van der Waals surface area contributed by atoms with Gasteiger partial charge in [-0.1, -0.05) is 61.3 Å². The van der Waals surface area contributed by atoms with Crippen molar-refractivity contribution in [3.63, 3.8) is 0 Å². The lowest BCUT2D eigenvalue weighted by Gasteiger charge is -2.52. The monoisotopic (exact) mass is 493 g/mol. The van der Waals surface area contributed by atoms with E-state index in [0.29, 0.717) is 16.5 Å². The van der Waals surface area contributed by atoms with E-state index < -0.39 is 36.2 Å². The van der Waals surface area contributed by atoms with E-state index in [1.54, 1.807) is 30.0 Å². The highest BCUT2D eigenvalue weighted by Crippen LogP contribution is 2.52. The number of rotatable bonds is 8. The molecule has 0 saturated carbocycles. The molecule has 1 unspecified atom stereocenters. The first-order chi connectivity index (χ1) is 15.6. The van der Waals surface area contributed by atoms with E-state index in [9.17, 15) is 24.9 Å². The topological polar surface area (TPSA) is 98.1 Å². The van der Waals surface area contributed by atoms with Crippen LogP contribution in [-0.4, -0.2) is 50.8 Å². The molecule has 0 aliphatic carbocycles. The van der Waals surface area contributed by atoms with Crippen LogP contribution in [0.5, 0.6) is 0 Å². The molecule has 1 fully saturated rings. The summed E-state index contributed by atoms with van der Waals surface area (Å²) in [6, 6.07) is 13.3. The summed E-state index contributed by atoms with van der Waals surface area (Å²) in [7, 11) is 0. The van der Waals surface area contributed by atoms with Crippen LogP contribution in [0, 0.1) is 5.41 Å². The molecule has 0 aromatic heterocycles. The minimum atomic E-state index is -1.20. The van der Waals surface area contributed by atoms with Crippen molar-refractivity contribution in [3.05, 3.63) is 69.7 Å². The quantitative estimate of drug-likeness (QED) is 0.496. The zero-order valence-corrected chi connectivity index (χ0v) is 20.1. The Morgan fingerprint density at radius 3 is 2.36 bits per heavy atom. The van der Waals surface area contributed by atoms with Crippen LogP contribution in [0.4, 0.5) is 0 Å². The van der Waals surface area contributed by atoms with Crippen LogP contribution in [0.2, 0.25) is 10.0 Å². The second-order valence-corrected chi connectivity index (χ2v) is 9.80. The molecule has 3 N–H and O–H groups in total. The number of piperidine rings is 1. The number of hydrogen-bond donors (Lipinski definition) is 3. The molecule has 2 aromatic rings. The van der Waals surface area contributed by atoms with Crippen LogP contribution in [0.3, 0.4) is 0 Å². The van der Waals surface area contributed by atoms with Crippen molar-refractivity contribution in [2.75, 3.05) is 6.61 Å². The van der Waals surface area contributed by atoms with E-state index >= 15 is 0 Å². The molecule has 1 aliphatic heterocycles. The minimum Gasteiger partial charge on any atom is -0.481 e. The van der Waals surface area contributed by atoms with E-state index in [1.165, 1.54) is 0 Å². The number of amides is 1. The molecule has 2 aromatic carbocycles. The number of benzene rings is 2. The number of nitrogens with zero attached hydrogens (tertiary/aromatic N) is 1. The van der Waals surface area contributed by atoms with Gasteiger partial charge in [0.1, 0.15) is 0 Å². The standard InChI is InChI=1S/C25H29Cl2NO5/c1-3-20(21(30)14-29)28-23(15-7-9-17(26)10-8-15)19(16-5-4-6-18(27)11-16)12-25(2,24(28)33)13-22(31)32/h4-11,19-21,23,29-30H,3,12-14H2,1-2H3,(H,31,32)/t19?,20-,21+,23+,25-/m0/s1. The third-order valence-electron chi connectivity index (χ3n) is 6.54. The lowest BCUT2D eigenvalue weighted by atomic mass is 9.67. The first kappa shape index (κ1) is 25.5. The van der Waals surface area contributed by atoms with Crippen molar-refractivity contribution >= 4 is 35.1 Å². The molecule has 8 heteroatoms. The van der Waals surface area contributed by atoms with E-state index in [0.717, 1.165) is 11.1 Å². The predicted octanol–water partition coefficient (Wildman–Crippen LogP) is 4.66. The van der Waals surface area contributed by atoms with Crippen LogP contribution in [0.25, 0.3) is 0 Å². The number of carbonyl (C=O) groups excluding carboxylic acids is 1. The average Bonchev–Trinajstić information content (AvgIpc) is 2.77. The Kier molecular flexibility index (Phi) is 8.06. The highest BCUT2D eigenvalue weighted by Gasteiger charge is 2.53. The predicted molar refractivity (Wildman–Crippen MR) is 127 cm³/mol. The maximum Gasteiger partial charge on any atom is 0.304 e. The smallest absolute Gasteiger partial charge is 0.304 e. The Bertz CT molecular complexity index is 999. The van der Waals surface area contributed by atoms with Crippen LogP contribution < -0.4 is 0 Å². The van der Waals surface area contributed by atoms with Gasteiger partial charge >= 0.3 is 5.97 Å². The van der Waals surface area contributed by atoms with Gasteiger partial charge in [-0.05, 0) is 48.2 Å². The molecule has 178 valence electrons. The summed E-state index contributed by atoms with van der Waals surface area (Å²) >= 11 is 12.4. The zero-order chi connectivity index (χ0) is 24.3. The van der Waals surface area contributed by atoms with Crippen LogP contribution in [0.1, 0.15) is 56.2 Å². The number of halogens is 2. The third kappa shape index (κ3) is 5.35. The van der Waals surface area contributed by atoms with Gasteiger partial charge in [0, 0.05) is 16.0 Å². The van der Waals surface area contributed by atoms with Crippen LogP contribution in [-0.2, 0) is 9.59 Å². The first-order valence-electron chi connectivity index (χ1n) is 11.0. The highest BCUT2D eigenvalue weighted by molar-refractivity contribution is 6.30. The van der Waals surface area contributed by atoms with Crippen LogP contribution >= 0.6 is 23.2 Å². The summed E-state index contributed by atoms with van der Waals surface area (Å²) in [6.45, 7) is 2.96. The highest BCUT2D eigenvalue weighted by atomic mass is 35.5. The van der Waals surface area contributed by atoms with Crippen molar-refractivity contribution < 1.29 is 24.9 Å². The van der Waals surface area contributed by atoms with Crippen molar-refractivity contribution in [2.45, 2.75) is 57.2 Å². The first-order valence-corrected chi connectivity index (χ1v) is 11.7. The van der Waals surface area contributed by atoms with Crippen molar-refractivity contribution in [1.82, 2.24) is 4.90 Å². The van der Waals surface area contributed by atoms with Gasteiger partial charge in [0.25, 0.3) is 0 Å². The molecule has 0 bridgehead atoms. The van der Waals surface area contributed by atoms with E-state index in [-0.39, 0.29) is 24.7 Å². The summed E-state index contributed by atoms with van der Waals surface area (Å²) in [6.07, 6.45) is -0.865. The van der Waals surface area contributed by atoms with Gasteiger partial charge in [-0.15, -0.1) is 0 Å². The van der Waals surface area contributed by atoms with Crippen molar-refractivity contribution in [3.8, 4) is 0 Å². The second kappa shape index (κ2) is 10.4. The summed E-state index contributed by atoms with van der Waals surface area (Å²) in [5.74, 6) is -1.73. The molecule has 33 heavy (non-hydrogen) atoms. The number of aliphatic hydroxyl groups excluding tert-OH is 2. The lowest BCUT2D eigenvalue weighted by Crippen LogP contribution is -2.59.